The van der Waals surface area contributed by atoms with Gasteiger partial charge in [0.25, 0.3) is 0 Å². The maximum atomic E-state index is 12.7. The number of thioether (sulfide) groups is 1. The van der Waals surface area contributed by atoms with E-state index in [1.807, 2.05) is 9.80 Å². The minimum Gasteiger partial charge on any atom is -0.337 e. The van der Waals surface area contributed by atoms with Gasteiger partial charge < -0.3 is 9.80 Å². The molecule has 4 nitrogen and oxygen atoms in total. The van der Waals surface area contributed by atoms with Crippen LogP contribution >= 0.6 is 11.8 Å². The van der Waals surface area contributed by atoms with Gasteiger partial charge >= 0.3 is 0 Å². The molecule has 0 aliphatic rings. The molecule has 0 aromatic rings. The Hall–Kier alpha value is -0.710. The van der Waals surface area contributed by atoms with Crippen molar-refractivity contribution in [2.45, 2.75) is 105 Å². The summed E-state index contributed by atoms with van der Waals surface area (Å²) in [5.74, 6) is 1.07. The van der Waals surface area contributed by atoms with Crippen molar-refractivity contribution in [3.8, 4) is 0 Å². The molecule has 0 N–H and O–H groups in total. The largest absolute Gasteiger partial charge is 0.337 e. The second-order valence-electron chi connectivity index (χ2n) is 7.12. The number of carbonyl (C=O) groups is 2. The quantitative estimate of drug-likeness (QED) is 0.504. The standard InChI is InChI=1S/C20H40N2O2S/c1-9-15(5)21(16(6)10-2)19(23)13-25-14-20(24)22(17(7)11-3)18(8)12-4/h15-18H,9-14H2,1-8H3. The zero-order valence-corrected chi connectivity index (χ0v) is 18.5. The monoisotopic (exact) mass is 372 g/mol. The average molecular weight is 373 g/mol. The molecule has 148 valence electrons. The summed E-state index contributed by atoms with van der Waals surface area (Å²) < 4.78 is 0. The number of hydrogen-bond acceptors (Lipinski definition) is 3. The number of amides is 2. The average Bonchev–Trinajstić information content (AvgIpc) is 2.60. The van der Waals surface area contributed by atoms with E-state index in [1.54, 1.807) is 0 Å². The molecule has 0 aliphatic heterocycles. The van der Waals surface area contributed by atoms with Crippen LogP contribution in [0, 0.1) is 0 Å². The van der Waals surface area contributed by atoms with Crippen molar-refractivity contribution >= 4 is 23.6 Å². The van der Waals surface area contributed by atoms with Crippen LogP contribution in [-0.2, 0) is 9.59 Å². The first kappa shape index (κ1) is 24.3. The zero-order valence-electron chi connectivity index (χ0n) is 17.7. The third-order valence-corrected chi connectivity index (χ3v) is 6.19. The van der Waals surface area contributed by atoms with Crippen LogP contribution in [0.15, 0.2) is 0 Å². The molecule has 4 unspecified atom stereocenters. The lowest BCUT2D eigenvalue weighted by Gasteiger charge is -2.35. The molecule has 0 heterocycles. The molecule has 0 aliphatic carbocycles. The van der Waals surface area contributed by atoms with E-state index in [9.17, 15) is 9.59 Å². The van der Waals surface area contributed by atoms with Crippen LogP contribution < -0.4 is 0 Å². The van der Waals surface area contributed by atoms with Gasteiger partial charge in [0.05, 0.1) is 11.5 Å². The molecule has 0 bridgehead atoms. The van der Waals surface area contributed by atoms with Crippen molar-refractivity contribution in [2.24, 2.45) is 0 Å². The van der Waals surface area contributed by atoms with Crippen LogP contribution in [0.3, 0.4) is 0 Å². The number of carbonyl (C=O) groups excluding carboxylic acids is 2. The third kappa shape index (κ3) is 7.59. The van der Waals surface area contributed by atoms with Gasteiger partial charge in [-0.1, -0.05) is 27.7 Å². The summed E-state index contributed by atoms with van der Waals surface area (Å²) in [6.45, 7) is 16.9. The zero-order chi connectivity index (χ0) is 19.6. The highest BCUT2D eigenvalue weighted by Crippen LogP contribution is 2.17. The topological polar surface area (TPSA) is 40.6 Å². The summed E-state index contributed by atoms with van der Waals surface area (Å²) >= 11 is 1.46. The van der Waals surface area contributed by atoms with Crippen molar-refractivity contribution in [3.05, 3.63) is 0 Å². The Morgan fingerprint density at radius 2 is 0.880 bits per heavy atom. The number of rotatable bonds is 12. The highest BCUT2D eigenvalue weighted by Gasteiger charge is 2.26. The van der Waals surface area contributed by atoms with Gasteiger partial charge in [0.2, 0.25) is 11.8 Å². The molecule has 25 heavy (non-hydrogen) atoms. The lowest BCUT2D eigenvalue weighted by Crippen LogP contribution is -2.46. The van der Waals surface area contributed by atoms with Crippen molar-refractivity contribution < 1.29 is 9.59 Å². The Morgan fingerprint density at radius 3 is 1.08 bits per heavy atom. The van der Waals surface area contributed by atoms with Crippen LogP contribution in [0.1, 0.15) is 81.1 Å². The smallest absolute Gasteiger partial charge is 0.233 e. The maximum Gasteiger partial charge on any atom is 0.233 e. The third-order valence-electron chi connectivity index (χ3n) is 5.29. The number of hydrogen-bond donors (Lipinski definition) is 0. The highest BCUT2D eigenvalue weighted by molar-refractivity contribution is 8.00. The van der Waals surface area contributed by atoms with Gasteiger partial charge in [0, 0.05) is 24.2 Å². The van der Waals surface area contributed by atoms with E-state index in [-0.39, 0.29) is 36.0 Å². The fourth-order valence-electron chi connectivity index (χ4n) is 3.01. The molecular weight excluding hydrogens is 332 g/mol. The molecule has 0 saturated carbocycles. The minimum atomic E-state index is 0.153. The van der Waals surface area contributed by atoms with Crippen LogP contribution in [0.5, 0.6) is 0 Å². The van der Waals surface area contributed by atoms with Gasteiger partial charge in [0.15, 0.2) is 0 Å². The fourth-order valence-corrected chi connectivity index (χ4v) is 3.76. The van der Waals surface area contributed by atoms with Crippen molar-refractivity contribution in [2.75, 3.05) is 11.5 Å². The first-order chi connectivity index (χ1) is 11.7. The number of nitrogens with zero attached hydrogens (tertiary/aromatic N) is 2. The van der Waals surface area contributed by atoms with Crippen LogP contribution in [0.4, 0.5) is 0 Å². The van der Waals surface area contributed by atoms with Crippen LogP contribution in [0.2, 0.25) is 0 Å². The Bertz CT molecular complexity index is 347. The van der Waals surface area contributed by atoms with Gasteiger partial charge in [-0.05, 0) is 53.4 Å². The molecule has 0 spiro atoms. The Labute approximate surface area is 160 Å². The molecule has 0 aromatic carbocycles. The first-order valence-corrected chi connectivity index (χ1v) is 11.1. The normalized spacial score (nSPS) is 16.0. The van der Waals surface area contributed by atoms with Gasteiger partial charge in [-0.2, -0.15) is 0 Å². The van der Waals surface area contributed by atoms with E-state index in [0.29, 0.717) is 11.5 Å². The fraction of sp³-hybridized carbons (Fsp3) is 0.900. The predicted octanol–water partition coefficient (Wildman–Crippen LogP) is 4.57. The molecule has 5 heteroatoms. The van der Waals surface area contributed by atoms with Crippen LogP contribution in [-0.4, -0.2) is 57.3 Å². The van der Waals surface area contributed by atoms with Crippen molar-refractivity contribution in [1.29, 1.82) is 0 Å². The molecule has 0 saturated heterocycles. The lowest BCUT2D eigenvalue weighted by molar-refractivity contribution is -0.133. The van der Waals surface area contributed by atoms with E-state index in [1.165, 1.54) is 11.8 Å². The minimum absolute atomic E-state index is 0.153. The lowest BCUT2D eigenvalue weighted by atomic mass is 10.1. The molecule has 2 amide bonds. The molecule has 0 fully saturated rings. The maximum absolute atomic E-state index is 12.7. The summed E-state index contributed by atoms with van der Waals surface area (Å²) in [5, 5.41) is 0. The Balaban J connectivity index is 4.74. The summed E-state index contributed by atoms with van der Waals surface area (Å²) in [5.41, 5.74) is 0. The molecule has 0 aromatic heterocycles. The van der Waals surface area contributed by atoms with E-state index in [2.05, 4.69) is 55.4 Å². The van der Waals surface area contributed by atoms with Gasteiger partial charge in [0.1, 0.15) is 0 Å². The summed E-state index contributed by atoms with van der Waals surface area (Å²) in [4.78, 5) is 29.3. The Morgan fingerprint density at radius 1 is 0.640 bits per heavy atom. The summed E-state index contributed by atoms with van der Waals surface area (Å²) in [7, 11) is 0. The summed E-state index contributed by atoms with van der Waals surface area (Å²) in [6, 6.07) is 0.983. The van der Waals surface area contributed by atoms with Gasteiger partial charge in [-0.3, -0.25) is 9.59 Å². The van der Waals surface area contributed by atoms with E-state index in [4.69, 9.17) is 0 Å². The van der Waals surface area contributed by atoms with Crippen molar-refractivity contribution in [1.82, 2.24) is 9.80 Å². The second kappa shape index (κ2) is 12.6. The first-order valence-electron chi connectivity index (χ1n) is 9.94. The molecule has 4 atom stereocenters. The van der Waals surface area contributed by atoms with Crippen molar-refractivity contribution in [3.63, 3.8) is 0 Å². The molecule has 0 radical (unpaired) electrons. The van der Waals surface area contributed by atoms with E-state index in [0.717, 1.165) is 25.7 Å². The molecular formula is C20H40N2O2S. The van der Waals surface area contributed by atoms with Gasteiger partial charge in [-0.15, -0.1) is 11.8 Å². The van der Waals surface area contributed by atoms with E-state index < -0.39 is 0 Å². The SMILES string of the molecule is CCC(C)N(C(=O)CSCC(=O)N(C(C)CC)C(C)CC)C(C)CC. The van der Waals surface area contributed by atoms with Crippen LogP contribution in [0.25, 0.3) is 0 Å². The van der Waals surface area contributed by atoms with E-state index >= 15 is 0 Å². The second-order valence-corrected chi connectivity index (χ2v) is 8.11. The molecule has 0 rings (SSSR count). The van der Waals surface area contributed by atoms with Gasteiger partial charge in [-0.25, -0.2) is 0 Å². The highest BCUT2D eigenvalue weighted by atomic mass is 32.2. The summed E-state index contributed by atoms with van der Waals surface area (Å²) in [6.07, 6.45) is 3.82. The Kier molecular flexibility index (Phi) is 12.3. The predicted molar refractivity (Wildman–Crippen MR) is 110 cm³/mol.